The summed E-state index contributed by atoms with van der Waals surface area (Å²) in [6.45, 7) is 0. The Kier molecular flexibility index (Phi) is 5.01. The van der Waals surface area contributed by atoms with Gasteiger partial charge >= 0.3 is 0 Å². The standard InChI is InChI=1S/C9H10BrN3O4/c1-13-5-12-8(7(10)3-11)6(9(13)14)4-16-17-15-2/h3-5,11H,1-2H3/b6-4+,8-7-,11-3?. The minimum absolute atomic E-state index is 0.141. The Morgan fingerprint density at radius 1 is 1.65 bits per heavy atom. The van der Waals surface area contributed by atoms with Gasteiger partial charge in [0.1, 0.15) is 11.5 Å². The van der Waals surface area contributed by atoms with Crippen molar-refractivity contribution in [2.45, 2.75) is 0 Å². The highest BCUT2D eigenvalue weighted by atomic mass is 79.9. The number of aromatic nitrogens is 2. The average molecular weight is 304 g/mol. The first-order valence-electron chi connectivity index (χ1n) is 4.40. The lowest BCUT2D eigenvalue weighted by Crippen LogP contribution is -2.46. The van der Waals surface area contributed by atoms with E-state index in [2.05, 4.69) is 35.7 Å². The Hall–Kier alpha value is -1.51. The molecule has 7 nitrogen and oxygen atoms in total. The van der Waals surface area contributed by atoms with E-state index in [9.17, 15) is 4.79 Å². The van der Waals surface area contributed by atoms with Crippen molar-refractivity contribution in [2.24, 2.45) is 7.05 Å². The Balaban J connectivity index is 3.54. The highest BCUT2D eigenvalue weighted by Crippen LogP contribution is 1.95. The van der Waals surface area contributed by atoms with Gasteiger partial charge in [-0.3, -0.25) is 4.79 Å². The van der Waals surface area contributed by atoms with Crippen LogP contribution in [0.3, 0.4) is 0 Å². The molecule has 0 aromatic carbocycles. The molecule has 0 unspecified atom stereocenters. The molecular formula is C9H10BrN3O4. The molecule has 0 aliphatic rings. The minimum atomic E-state index is -0.339. The third kappa shape index (κ3) is 3.22. The Bertz CT molecular complexity index is 581. The fraction of sp³-hybridized carbons (Fsp3) is 0.222. The van der Waals surface area contributed by atoms with Crippen LogP contribution in [0, 0.1) is 5.41 Å². The zero-order valence-corrected chi connectivity index (χ0v) is 10.7. The van der Waals surface area contributed by atoms with Gasteiger partial charge in [-0.2, -0.15) is 4.89 Å². The van der Waals surface area contributed by atoms with E-state index >= 15 is 0 Å². The van der Waals surface area contributed by atoms with Gasteiger partial charge in [-0.25, -0.2) is 4.98 Å². The zero-order chi connectivity index (χ0) is 12.8. The molecule has 8 heteroatoms. The van der Waals surface area contributed by atoms with Crippen molar-refractivity contribution in [3.63, 3.8) is 0 Å². The smallest absolute Gasteiger partial charge is 0.264 e. The highest BCUT2D eigenvalue weighted by molar-refractivity contribution is 9.15. The van der Waals surface area contributed by atoms with Gasteiger partial charge in [-0.15, -0.1) is 0 Å². The van der Waals surface area contributed by atoms with Crippen LogP contribution in [-0.2, 0) is 21.9 Å². The van der Waals surface area contributed by atoms with Crippen LogP contribution in [0.15, 0.2) is 11.1 Å². The number of nitrogens with zero attached hydrogens (tertiary/aromatic N) is 2. The summed E-state index contributed by atoms with van der Waals surface area (Å²) in [5.74, 6) is 0. The third-order valence-corrected chi connectivity index (χ3v) is 2.40. The lowest BCUT2D eigenvalue weighted by atomic mass is 10.4. The first kappa shape index (κ1) is 13.6. The summed E-state index contributed by atoms with van der Waals surface area (Å²) < 4.78 is 1.62. The van der Waals surface area contributed by atoms with Crippen LogP contribution in [0.25, 0.3) is 10.7 Å². The van der Waals surface area contributed by atoms with Gasteiger partial charge in [0.15, 0.2) is 0 Å². The fourth-order valence-electron chi connectivity index (χ4n) is 1.03. The van der Waals surface area contributed by atoms with Crippen molar-refractivity contribution in [3.05, 3.63) is 27.2 Å². The third-order valence-electron chi connectivity index (χ3n) is 1.79. The maximum Gasteiger partial charge on any atom is 0.264 e. The SMILES string of the molecule is COOO/C=c1/c(=O)n(C)cn/c1=C(\Br)C=N. The molecule has 0 aliphatic heterocycles. The zero-order valence-electron chi connectivity index (χ0n) is 9.14. The van der Waals surface area contributed by atoms with Crippen LogP contribution < -0.4 is 16.1 Å². The summed E-state index contributed by atoms with van der Waals surface area (Å²) in [6.07, 6.45) is 3.42. The summed E-state index contributed by atoms with van der Waals surface area (Å²) in [6, 6.07) is 0. The van der Waals surface area contributed by atoms with Gasteiger partial charge in [-0.05, 0) is 21.0 Å². The van der Waals surface area contributed by atoms with E-state index in [0.717, 1.165) is 12.5 Å². The van der Waals surface area contributed by atoms with Crippen molar-refractivity contribution in [3.8, 4) is 0 Å². The largest absolute Gasteiger partial charge is 0.315 e. The fourth-order valence-corrected chi connectivity index (χ4v) is 1.35. The van der Waals surface area contributed by atoms with Gasteiger partial charge in [0.05, 0.1) is 23.3 Å². The predicted molar refractivity (Wildman–Crippen MR) is 63.5 cm³/mol. The molecule has 1 N–H and O–H groups in total. The number of nitrogens with one attached hydrogen (secondary N) is 1. The number of rotatable bonds is 4. The van der Waals surface area contributed by atoms with Crippen LogP contribution in [0.2, 0.25) is 0 Å². The molecule has 0 saturated heterocycles. The summed E-state index contributed by atoms with van der Waals surface area (Å²) in [5.41, 5.74) is -0.339. The van der Waals surface area contributed by atoms with Crippen molar-refractivity contribution in [1.82, 2.24) is 9.55 Å². The van der Waals surface area contributed by atoms with Gasteiger partial charge < -0.3 is 14.9 Å². The number of hydrogen-bond acceptors (Lipinski definition) is 6. The maximum absolute atomic E-state index is 11.8. The molecular weight excluding hydrogens is 294 g/mol. The molecule has 92 valence electrons. The molecule has 0 bridgehead atoms. The first-order chi connectivity index (χ1) is 8.11. The first-order valence-corrected chi connectivity index (χ1v) is 5.19. The second-order valence-corrected chi connectivity index (χ2v) is 3.72. The van der Waals surface area contributed by atoms with Crippen LogP contribution in [0.4, 0.5) is 0 Å². The molecule has 1 aromatic rings. The van der Waals surface area contributed by atoms with Gasteiger partial charge in [0.2, 0.25) is 0 Å². The van der Waals surface area contributed by atoms with Crippen molar-refractivity contribution in [1.29, 1.82) is 5.41 Å². The van der Waals surface area contributed by atoms with Crippen molar-refractivity contribution >= 4 is 32.9 Å². The van der Waals surface area contributed by atoms with Crippen LogP contribution in [0.1, 0.15) is 0 Å². The second kappa shape index (κ2) is 6.28. The van der Waals surface area contributed by atoms with Gasteiger partial charge in [0.25, 0.3) is 5.56 Å². The lowest BCUT2D eigenvalue weighted by molar-refractivity contribution is -0.467. The molecule has 17 heavy (non-hydrogen) atoms. The van der Waals surface area contributed by atoms with E-state index in [1.165, 1.54) is 18.0 Å². The Labute approximate surface area is 104 Å². The molecule has 0 atom stereocenters. The molecule has 0 fully saturated rings. The maximum atomic E-state index is 11.8. The van der Waals surface area contributed by atoms with Crippen molar-refractivity contribution < 1.29 is 14.8 Å². The van der Waals surface area contributed by atoms with E-state index in [-0.39, 0.29) is 16.1 Å². The molecule has 0 aliphatic carbocycles. The molecule has 1 aromatic heterocycles. The summed E-state index contributed by atoms with van der Waals surface area (Å²) >= 11 is 3.12. The van der Waals surface area contributed by atoms with E-state index < -0.39 is 0 Å². The topological polar surface area (TPSA) is 86.4 Å². The molecule has 0 amide bonds. The number of halogens is 1. The summed E-state index contributed by atoms with van der Waals surface area (Å²) in [4.78, 5) is 24.6. The molecule has 0 radical (unpaired) electrons. The minimum Gasteiger partial charge on any atom is -0.315 e. The monoisotopic (exact) mass is 303 g/mol. The average Bonchev–Trinajstić information content (AvgIpc) is 2.34. The molecule has 0 spiro atoms. The van der Waals surface area contributed by atoms with E-state index in [4.69, 9.17) is 5.41 Å². The normalized spacial score (nSPS) is 13.5. The quantitative estimate of drug-likeness (QED) is 0.340. The summed E-state index contributed by atoms with van der Waals surface area (Å²) in [7, 11) is 2.81. The van der Waals surface area contributed by atoms with Crippen molar-refractivity contribution in [2.75, 3.05) is 7.11 Å². The molecule has 1 rings (SSSR count). The number of hydrogen-bond donors (Lipinski definition) is 1. The molecule has 1 heterocycles. The highest BCUT2D eigenvalue weighted by Gasteiger charge is 2.01. The molecule has 0 saturated carbocycles. The number of aryl methyl sites for hydroxylation is 1. The Morgan fingerprint density at radius 2 is 2.35 bits per heavy atom. The van der Waals surface area contributed by atoms with Gasteiger partial charge in [0, 0.05) is 13.3 Å². The van der Waals surface area contributed by atoms with E-state index in [1.807, 2.05) is 0 Å². The lowest BCUT2D eigenvalue weighted by Gasteiger charge is -1.98. The van der Waals surface area contributed by atoms with Crippen LogP contribution in [0.5, 0.6) is 0 Å². The van der Waals surface area contributed by atoms with Crippen LogP contribution >= 0.6 is 15.9 Å². The van der Waals surface area contributed by atoms with E-state index in [0.29, 0.717) is 4.48 Å². The van der Waals surface area contributed by atoms with Crippen LogP contribution in [-0.4, -0.2) is 22.9 Å². The predicted octanol–water partition coefficient (Wildman–Crippen LogP) is -0.819. The summed E-state index contributed by atoms with van der Waals surface area (Å²) in [5, 5.41) is 11.7. The Morgan fingerprint density at radius 3 is 2.94 bits per heavy atom. The second-order valence-electron chi connectivity index (χ2n) is 2.86. The van der Waals surface area contributed by atoms with Gasteiger partial charge in [-0.1, -0.05) is 0 Å². The van der Waals surface area contributed by atoms with E-state index in [1.54, 1.807) is 7.05 Å².